The van der Waals surface area contributed by atoms with E-state index in [0.717, 1.165) is 10.6 Å². The molecule has 0 aromatic heterocycles. The Labute approximate surface area is 128 Å². The zero-order chi connectivity index (χ0) is 13.6. The maximum absolute atomic E-state index is 3.44. The summed E-state index contributed by atoms with van der Waals surface area (Å²) in [6.07, 6.45) is 1.81. The normalized spacial score (nSPS) is 11.8. The summed E-state index contributed by atoms with van der Waals surface area (Å²) in [5.74, 6) is 0. The summed E-state index contributed by atoms with van der Waals surface area (Å²) in [4.78, 5) is 0.933. The Morgan fingerprint density at radius 1 is 1.06 bits per heavy atom. The molecule has 0 nitrogen and oxygen atoms in total. The minimum absolute atomic E-state index is 0. The third-order valence-electron chi connectivity index (χ3n) is 2.05. The third kappa shape index (κ3) is 11.9. The van der Waals surface area contributed by atoms with Gasteiger partial charge in [-0.2, -0.15) is 0 Å². The molecule has 0 saturated heterocycles. The second-order valence-corrected chi connectivity index (χ2v) is 11.3. The molecule has 17 heavy (non-hydrogen) atoms. The minimum atomic E-state index is 0. The molecule has 0 N–H and O–H groups in total. The number of hydrogen-bond acceptors (Lipinski definition) is 0. The van der Waals surface area contributed by atoms with E-state index in [0.29, 0.717) is 10.3 Å². The molecule has 0 aliphatic rings. The molecular formula is C14H30ClPPd. The second kappa shape index (κ2) is 9.98. The van der Waals surface area contributed by atoms with Crippen LogP contribution in [-0.2, 0) is 19.2 Å². The van der Waals surface area contributed by atoms with Crippen molar-refractivity contribution in [2.75, 3.05) is 0 Å². The molecule has 0 fully saturated rings. The van der Waals surface area contributed by atoms with Gasteiger partial charge in [-0.3, -0.25) is 0 Å². The Balaban J connectivity index is -0.000000340. The zero-order valence-corrected chi connectivity index (χ0v) is 15.9. The molecule has 0 aromatic carbocycles. The van der Waals surface area contributed by atoms with E-state index in [2.05, 4.69) is 81.2 Å². The van der Waals surface area contributed by atoms with Crippen LogP contribution in [0.4, 0.5) is 0 Å². The molecular weight excluding hydrogens is 341 g/mol. The molecule has 0 aromatic rings. The summed E-state index contributed by atoms with van der Waals surface area (Å²) in [6, 6.07) is 0. The van der Waals surface area contributed by atoms with Crippen LogP contribution in [0.1, 0.15) is 55.4 Å². The van der Waals surface area contributed by atoms with Gasteiger partial charge in [-0.05, 0) is 16.0 Å². The van der Waals surface area contributed by atoms with Crippen molar-refractivity contribution in [3.05, 3.63) is 12.7 Å². The Bertz CT molecular complexity index is 175. The number of rotatable bonds is 2. The van der Waals surface area contributed by atoms with Gasteiger partial charge in [-0.25, -0.2) is 0 Å². The Kier molecular flexibility index (Phi) is 13.6. The van der Waals surface area contributed by atoms with E-state index in [9.17, 15) is 0 Å². The van der Waals surface area contributed by atoms with Crippen LogP contribution in [-0.4, -0.2) is 16.0 Å². The molecule has 3 heteroatoms. The average Bonchev–Trinajstić information content (AvgIpc) is 1.97. The van der Waals surface area contributed by atoms with E-state index in [4.69, 9.17) is 0 Å². The summed E-state index contributed by atoms with van der Waals surface area (Å²) in [5.41, 5.74) is 0.833. The van der Waals surface area contributed by atoms with Gasteiger partial charge in [0, 0.05) is 0 Å². The van der Waals surface area contributed by atoms with Gasteiger partial charge in [0.1, 0.15) is 0 Å². The van der Waals surface area contributed by atoms with E-state index >= 15 is 0 Å². The van der Waals surface area contributed by atoms with Gasteiger partial charge in [0.15, 0.2) is 0 Å². The van der Waals surface area contributed by atoms with Crippen LogP contribution in [0.15, 0.2) is 12.7 Å². The number of hydrogen-bond donors (Lipinski definition) is 0. The first-order chi connectivity index (χ1) is 6.98. The van der Waals surface area contributed by atoms with Crippen LogP contribution in [0.5, 0.6) is 0 Å². The van der Waals surface area contributed by atoms with Crippen molar-refractivity contribution >= 4 is 7.92 Å². The molecule has 108 valence electrons. The van der Waals surface area contributed by atoms with Gasteiger partial charge in [-0.1, -0.05) is 63.3 Å². The van der Waals surface area contributed by atoms with E-state index in [-0.39, 0.29) is 20.3 Å². The smallest absolute Gasteiger partial charge is 0.0172 e. The molecule has 0 unspecified atom stereocenters. The first kappa shape index (κ1) is 23.2. The molecule has 0 amide bonds. The van der Waals surface area contributed by atoms with E-state index in [1.807, 2.05) is 6.08 Å². The van der Waals surface area contributed by atoms with Crippen molar-refractivity contribution in [1.82, 2.24) is 0 Å². The number of allylic oxidation sites excluding steroid dienone is 1. The van der Waals surface area contributed by atoms with E-state index in [1.54, 1.807) is 0 Å². The predicted molar refractivity (Wildman–Crippen MR) is 76.6 cm³/mol. The molecule has 0 heterocycles. The van der Waals surface area contributed by atoms with Crippen LogP contribution >= 0.6 is 7.92 Å². The number of halogens is 1. The van der Waals surface area contributed by atoms with Crippen molar-refractivity contribution in [2.45, 2.75) is 76.3 Å². The predicted octanol–water partition coefficient (Wildman–Crippen LogP) is 2.62. The third-order valence-corrected chi connectivity index (χ3v) is 6.43. The van der Waals surface area contributed by atoms with Gasteiger partial charge >= 0.3 is 36.8 Å². The van der Waals surface area contributed by atoms with Crippen molar-refractivity contribution in [3.63, 3.8) is 0 Å². The van der Waals surface area contributed by atoms with E-state index < -0.39 is 0 Å². The summed E-state index contributed by atoms with van der Waals surface area (Å²) >= 11 is 2.92. The molecule has 0 aliphatic carbocycles. The fraction of sp³-hybridized carbons (Fsp3) is 0.857. The van der Waals surface area contributed by atoms with Gasteiger partial charge in [0.25, 0.3) is 0 Å². The maximum atomic E-state index is 3.44. The molecule has 0 aliphatic heterocycles. The monoisotopic (exact) mass is 370 g/mol. The Morgan fingerprint density at radius 3 is 1.29 bits per heavy atom. The largest absolute Gasteiger partial charge is 1.00 e. The molecule has 0 rings (SSSR count). The Morgan fingerprint density at radius 2 is 1.29 bits per heavy atom. The summed E-state index contributed by atoms with van der Waals surface area (Å²) in [7, 11) is 0.0983. The standard InChI is InChI=1S/C11H25P.C3H5.ClH.Pd/c1-9(2)12(10(3,4)5)11(6,7)8;1-3-2;;/h9H,1-8H3;3H,1-2H2;1H;/q;;;+1/p-1. The molecule has 0 bridgehead atoms. The first-order valence-corrected chi connectivity index (χ1v) is 8.41. The summed E-state index contributed by atoms with van der Waals surface area (Å²) in [6.45, 7) is 22.4. The van der Waals surface area contributed by atoms with Crippen LogP contribution in [0.3, 0.4) is 0 Å². The van der Waals surface area contributed by atoms with Crippen molar-refractivity contribution in [1.29, 1.82) is 0 Å². The van der Waals surface area contributed by atoms with E-state index in [1.165, 1.54) is 0 Å². The van der Waals surface area contributed by atoms with Crippen LogP contribution < -0.4 is 12.4 Å². The molecule has 0 radical (unpaired) electrons. The van der Waals surface area contributed by atoms with Crippen LogP contribution in [0.2, 0.25) is 4.89 Å². The van der Waals surface area contributed by atoms with Crippen molar-refractivity contribution in [2.24, 2.45) is 0 Å². The fourth-order valence-electron chi connectivity index (χ4n) is 2.56. The molecule has 0 saturated carbocycles. The molecule has 0 spiro atoms. The second-order valence-electron chi connectivity index (χ2n) is 6.22. The Hall–Kier alpha value is 1.12. The quantitative estimate of drug-likeness (QED) is 0.398. The summed E-state index contributed by atoms with van der Waals surface area (Å²) < 4.78 is 0. The van der Waals surface area contributed by atoms with Gasteiger partial charge < -0.3 is 12.4 Å². The maximum Gasteiger partial charge on any atom is -0.0172 e. The van der Waals surface area contributed by atoms with Crippen molar-refractivity contribution in [3.8, 4) is 0 Å². The fourth-order valence-corrected chi connectivity index (χ4v) is 7.67. The summed E-state index contributed by atoms with van der Waals surface area (Å²) in [5, 5.41) is 0.976. The SMILES string of the molecule is C=C[CH2][Pd+].CC(C)P(C(C)(C)C)C(C)(C)C.[Cl-]. The van der Waals surface area contributed by atoms with Crippen LogP contribution in [0, 0.1) is 0 Å². The van der Waals surface area contributed by atoms with Crippen molar-refractivity contribution < 1.29 is 31.6 Å². The topological polar surface area (TPSA) is 0 Å². The van der Waals surface area contributed by atoms with Gasteiger partial charge in [0.05, 0.1) is 0 Å². The van der Waals surface area contributed by atoms with Gasteiger partial charge in [-0.15, -0.1) is 0 Å². The zero-order valence-electron chi connectivity index (χ0n) is 12.7. The van der Waals surface area contributed by atoms with Crippen LogP contribution in [0.25, 0.3) is 0 Å². The van der Waals surface area contributed by atoms with Gasteiger partial charge in [0.2, 0.25) is 0 Å². The average molecular weight is 371 g/mol. The molecule has 0 atom stereocenters. The first-order valence-electron chi connectivity index (χ1n) is 5.90. The minimum Gasteiger partial charge on any atom is -1.00 e.